The summed E-state index contributed by atoms with van der Waals surface area (Å²) >= 11 is 0. The highest BCUT2D eigenvalue weighted by molar-refractivity contribution is 6.03. The van der Waals surface area contributed by atoms with Gasteiger partial charge in [0.2, 0.25) is 0 Å². The van der Waals surface area contributed by atoms with Crippen molar-refractivity contribution >= 4 is 5.78 Å². The highest BCUT2D eigenvalue weighted by atomic mass is 16.5. The summed E-state index contributed by atoms with van der Waals surface area (Å²) in [5.74, 6) is -0.193. The molecular formula is C26H40O4. The van der Waals surface area contributed by atoms with E-state index >= 15 is 0 Å². The van der Waals surface area contributed by atoms with E-state index in [0.29, 0.717) is 0 Å². The van der Waals surface area contributed by atoms with Crippen LogP contribution in [0.25, 0.3) is 0 Å². The van der Waals surface area contributed by atoms with Crippen LogP contribution in [-0.2, 0) is 0 Å². The Morgan fingerprint density at radius 3 is 2.10 bits per heavy atom. The first-order valence-corrected chi connectivity index (χ1v) is 12.0. The zero-order chi connectivity index (χ0) is 21.6. The Labute approximate surface area is 182 Å². The lowest BCUT2D eigenvalue weighted by atomic mass is 9.96. The molecule has 0 radical (unpaired) electrons. The smallest absolute Gasteiger partial charge is 0.175 e. The van der Waals surface area contributed by atoms with Gasteiger partial charge in [0.05, 0.1) is 0 Å². The molecule has 1 aliphatic rings. The monoisotopic (exact) mass is 416 g/mol. The van der Waals surface area contributed by atoms with E-state index in [9.17, 15) is 15.0 Å². The van der Waals surface area contributed by atoms with Crippen molar-refractivity contribution in [1.29, 1.82) is 0 Å². The molecule has 0 bridgehead atoms. The quantitative estimate of drug-likeness (QED) is 0.177. The Kier molecular flexibility index (Phi) is 11.4. The first-order chi connectivity index (χ1) is 14.6. The van der Waals surface area contributed by atoms with Gasteiger partial charge in [-0.15, -0.1) is 0 Å². The number of phenols is 2. The van der Waals surface area contributed by atoms with Crippen molar-refractivity contribution in [3.05, 3.63) is 29.8 Å². The second kappa shape index (κ2) is 14.1. The number of Topliss-reactive ketones (excluding diaryl/α,β-unsaturated/α-hetero) is 1. The van der Waals surface area contributed by atoms with Gasteiger partial charge in [-0.2, -0.15) is 0 Å². The average Bonchev–Trinajstić information content (AvgIpc) is 2.73. The van der Waals surface area contributed by atoms with Crippen LogP contribution in [0.1, 0.15) is 114 Å². The minimum Gasteiger partial charge on any atom is -0.507 e. The summed E-state index contributed by atoms with van der Waals surface area (Å²) in [5.41, 5.74) is 0.124. The molecule has 0 amide bonds. The predicted molar refractivity (Wildman–Crippen MR) is 123 cm³/mol. The maximum atomic E-state index is 12.3. The number of carbonyl (C=O) groups is 1. The molecule has 4 nitrogen and oxygen atoms in total. The Morgan fingerprint density at radius 1 is 0.867 bits per heavy atom. The van der Waals surface area contributed by atoms with E-state index in [1.165, 1.54) is 82.8 Å². The number of ether oxygens (including phenoxy) is 1. The number of unbranched alkanes of at least 4 members (excludes halogenated alkanes) is 11. The Bertz CT molecular complexity index is 665. The van der Waals surface area contributed by atoms with Gasteiger partial charge in [0.25, 0.3) is 0 Å². The minimum atomic E-state index is -0.200. The third-order valence-corrected chi connectivity index (χ3v) is 5.88. The highest BCUT2D eigenvalue weighted by Crippen LogP contribution is 2.41. The van der Waals surface area contributed by atoms with E-state index < -0.39 is 0 Å². The average molecular weight is 417 g/mol. The van der Waals surface area contributed by atoms with Crippen LogP contribution in [0.15, 0.2) is 24.3 Å². The second-order valence-electron chi connectivity index (χ2n) is 8.55. The molecule has 2 rings (SSSR count). The van der Waals surface area contributed by atoms with Gasteiger partial charge >= 0.3 is 0 Å². The van der Waals surface area contributed by atoms with E-state index in [1.54, 1.807) is 0 Å². The molecule has 0 saturated carbocycles. The van der Waals surface area contributed by atoms with Crippen molar-refractivity contribution in [2.75, 3.05) is 0 Å². The molecule has 2 N–H and O–H groups in total. The summed E-state index contributed by atoms with van der Waals surface area (Å²) in [4.78, 5) is 12.3. The summed E-state index contributed by atoms with van der Waals surface area (Å²) in [6.07, 6.45) is 22.0. The molecule has 1 aromatic carbocycles. The molecule has 1 aliphatic heterocycles. The van der Waals surface area contributed by atoms with Crippen molar-refractivity contribution in [2.45, 2.75) is 109 Å². The van der Waals surface area contributed by atoms with Crippen molar-refractivity contribution in [3.63, 3.8) is 0 Å². The van der Waals surface area contributed by atoms with Crippen molar-refractivity contribution in [1.82, 2.24) is 0 Å². The predicted octanol–water partition coefficient (Wildman–Crippen LogP) is 7.47. The summed E-state index contributed by atoms with van der Waals surface area (Å²) in [6, 6.07) is 2.70. The lowest BCUT2D eigenvalue weighted by molar-refractivity contribution is 0.0821. The van der Waals surface area contributed by atoms with Gasteiger partial charge in [-0.05, 0) is 44.2 Å². The number of ketones is 1. The van der Waals surface area contributed by atoms with E-state index in [2.05, 4.69) is 19.1 Å². The SMILES string of the molecule is CCCCC=CCCCCCCCCCCCC1CC(=O)c2c(O)ccc(O)c2O1. The second-order valence-corrected chi connectivity index (χ2v) is 8.55. The molecule has 0 fully saturated rings. The van der Waals surface area contributed by atoms with Crippen LogP contribution in [0.4, 0.5) is 0 Å². The molecule has 0 spiro atoms. The first-order valence-electron chi connectivity index (χ1n) is 12.0. The van der Waals surface area contributed by atoms with Crippen LogP contribution >= 0.6 is 0 Å². The van der Waals surface area contributed by atoms with Gasteiger partial charge in [-0.3, -0.25) is 4.79 Å². The number of aromatic hydroxyl groups is 2. The fourth-order valence-electron chi connectivity index (χ4n) is 4.06. The van der Waals surface area contributed by atoms with E-state index in [-0.39, 0.29) is 41.1 Å². The maximum Gasteiger partial charge on any atom is 0.175 e. The molecule has 0 saturated heterocycles. The van der Waals surface area contributed by atoms with Crippen LogP contribution in [0.3, 0.4) is 0 Å². The molecule has 1 aromatic rings. The third kappa shape index (κ3) is 8.41. The van der Waals surface area contributed by atoms with E-state index in [0.717, 1.165) is 19.3 Å². The molecule has 168 valence electrons. The first kappa shape index (κ1) is 24.3. The number of phenolic OH excluding ortho intramolecular Hbond substituents is 2. The zero-order valence-electron chi connectivity index (χ0n) is 18.7. The normalized spacial score (nSPS) is 16.0. The van der Waals surface area contributed by atoms with E-state index in [1.807, 2.05) is 0 Å². The van der Waals surface area contributed by atoms with Gasteiger partial charge in [0.1, 0.15) is 17.4 Å². The van der Waals surface area contributed by atoms with Gasteiger partial charge in [-0.25, -0.2) is 0 Å². The Balaban J connectivity index is 1.47. The molecule has 1 atom stereocenters. The third-order valence-electron chi connectivity index (χ3n) is 5.88. The fraction of sp³-hybridized carbons (Fsp3) is 0.654. The lowest BCUT2D eigenvalue weighted by Crippen LogP contribution is -2.27. The number of fused-ring (bicyclic) bond motifs is 1. The molecule has 4 heteroatoms. The van der Waals surface area contributed by atoms with Gasteiger partial charge in [-0.1, -0.05) is 76.9 Å². The topological polar surface area (TPSA) is 66.8 Å². The van der Waals surface area contributed by atoms with Gasteiger partial charge in [0.15, 0.2) is 17.3 Å². The standard InChI is InChI=1S/C26H40O4/c1-2-3-4-5-6-7-8-9-10-11-12-13-14-15-16-17-21-20-24(29)25-22(27)18-19-23(28)26(25)30-21/h5-6,18-19,21,27-28H,2-4,7-17,20H2,1H3. The highest BCUT2D eigenvalue weighted by Gasteiger charge is 2.30. The Morgan fingerprint density at radius 2 is 1.43 bits per heavy atom. The van der Waals surface area contributed by atoms with Crippen LogP contribution in [-0.4, -0.2) is 22.1 Å². The molecule has 0 aromatic heterocycles. The van der Waals surface area contributed by atoms with Crippen LogP contribution in [0.5, 0.6) is 17.2 Å². The number of benzene rings is 1. The number of hydrogen-bond acceptors (Lipinski definition) is 4. The molecule has 0 aliphatic carbocycles. The molecule has 1 unspecified atom stereocenters. The molecular weight excluding hydrogens is 376 g/mol. The van der Waals surface area contributed by atoms with Crippen LogP contribution in [0.2, 0.25) is 0 Å². The lowest BCUT2D eigenvalue weighted by Gasteiger charge is -2.26. The van der Waals surface area contributed by atoms with Crippen molar-refractivity contribution < 1.29 is 19.7 Å². The van der Waals surface area contributed by atoms with Crippen LogP contribution < -0.4 is 4.74 Å². The number of allylic oxidation sites excluding steroid dienone is 2. The number of carbonyl (C=O) groups excluding carboxylic acids is 1. The Hall–Kier alpha value is -1.97. The van der Waals surface area contributed by atoms with Crippen LogP contribution in [0, 0.1) is 0 Å². The fourth-order valence-corrected chi connectivity index (χ4v) is 4.06. The molecule has 30 heavy (non-hydrogen) atoms. The molecule has 1 heterocycles. The minimum absolute atomic E-state index is 0.0756. The number of rotatable bonds is 15. The summed E-state index contributed by atoms with van der Waals surface area (Å²) in [6.45, 7) is 2.24. The summed E-state index contributed by atoms with van der Waals surface area (Å²) in [5, 5.41) is 19.8. The summed E-state index contributed by atoms with van der Waals surface area (Å²) in [7, 11) is 0. The van der Waals surface area contributed by atoms with Gasteiger partial charge in [0, 0.05) is 6.42 Å². The maximum absolute atomic E-state index is 12.3. The number of hydrogen-bond donors (Lipinski definition) is 2. The van der Waals surface area contributed by atoms with Crippen molar-refractivity contribution in [2.24, 2.45) is 0 Å². The summed E-state index contributed by atoms with van der Waals surface area (Å²) < 4.78 is 5.80. The van der Waals surface area contributed by atoms with E-state index in [4.69, 9.17) is 4.74 Å². The van der Waals surface area contributed by atoms with Gasteiger partial charge < -0.3 is 14.9 Å². The van der Waals surface area contributed by atoms with Crippen molar-refractivity contribution in [3.8, 4) is 17.2 Å². The zero-order valence-corrected chi connectivity index (χ0v) is 18.7. The largest absolute Gasteiger partial charge is 0.507 e.